The molecule has 4 saturated carbocycles. The van der Waals surface area contributed by atoms with Gasteiger partial charge in [-0.3, -0.25) is 0 Å². The van der Waals surface area contributed by atoms with E-state index in [0.717, 1.165) is 37.7 Å². The van der Waals surface area contributed by atoms with Gasteiger partial charge in [-0.15, -0.1) is 0 Å². The highest BCUT2D eigenvalue weighted by Crippen LogP contribution is 2.70. The average Bonchev–Trinajstić information content (AvgIpc) is 3.42. The standard InChI is InChI=1S/C29H42O9/c1-16(30)25(33)37-15-28-10-6-20(38-26(34)17(2)31)13-19(28)4-5-23-22(28)7-9-27(3)21(8-11-29(23,27)35)18-12-24(32)36-14-18/h12,16-17,19-23,30-31,35H,4-11,13-15H2,1-3H3/t16-,17-,19+,20+,21-,22+,23-,27-,28-,29+/m1/s1. The Labute approximate surface area is 223 Å². The number of esters is 3. The first-order valence-electron chi connectivity index (χ1n) is 14.2. The fraction of sp³-hybridized carbons (Fsp3) is 0.828. The van der Waals surface area contributed by atoms with Crippen molar-refractivity contribution < 1.29 is 43.9 Å². The van der Waals surface area contributed by atoms with Crippen molar-refractivity contribution in [3.05, 3.63) is 11.6 Å². The summed E-state index contributed by atoms with van der Waals surface area (Å²) in [5.41, 5.74) is -0.680. The molecule has 3 N–H and O–H groups in total. The number of hydrogen-bond acceptors (Lipinski definition) is 9. The van der Waals surface area contributed by atoms with Crippen LogP contribution in [0.4, 0.5) is 0 Å². The van der Waals surface area contributed by atoms with Crippen LogP contribution < -0.4 is 0 Å². The quantitative estimate of drug-likeness (QED) is 0.346. The molecule has 0 saturated heterocycles. The zero-order chi connectivity index (χ0) is 27.5. The summed E-state index contributed by atoms with van der Waals surface area (Å²) in [4.78, 5) is 36.3. The molecule has 212 valence electrons. The molecule has 9 heteroatoms. The van der Waals surface area contributed by atoms with Gasteiger partial charge in [0.15, 0.2) is 0 Å². The first-order valence-corrected chi connectivity index (χ1v) is 14.2. The maximum atomic E-state index is 12.5. The van der Waals surface area contributed by atoms with Gasteiger partial charge in [-0.2, -0.15) is 0 Å². The third-order valence-electron chi connectivity index (χ3n) is 11.1. The summed E-state index contributed by atoms with van der Waals surface area (Å²) in [6, 6.07) is 0. The van der Waals surface area contributed by atoms with E-state index in [1.807, 2.05) is 0 Å². The molecule has 4 aliphatic carbocycles. The van der Waals surface area contributed by atoms with Gasteiger partial charge in [-0.25, -0.2) is 14.4 Å². The Kier molecular flexibility index (Phi) is 7.18. The van der Waals surface area contributed by atoms with Crippen LogP contribution in [0.5, 0.6) is 0 Å². The average molecular weight is 535 g/mol. The predicted octanol–water partition coefficient (Wildman–Crippen LogP) is 2.44. The van der Waals surface area contributed by atoms with E-state index >= 15 is 0 Å². The number of fused-ring (bicyclic) bond motifs is 5. The van der Waals surface area contributed by atoms with Gasteiger partial charge in [0.2, 0.25) is 0 Å². The lowest BCUT2D eigenvalue weighted by molar-refractivity contribution is -0.225. The molecule has 0 spiro atoms. The monoisotopic (exact) mass is 534 g/mol. The predicted molar refractivity (Wildman–Crippen MR) is 134 cm³/mol. The third-order valence-corrected chi connectivity index (χ3v) is 11.1. The van der Waals surface area contributed by atoms with E-state index in [-0.39, 0.29) is 53.2 Å². The number of cyclic esters (lactones) is 1. The van der Waals surface area contributed by atoms with Gasteiger partial charge >= 0.3 is 17.9 Å². The molecule has 0 unspecified atom stereocenters. The number of carbonyl (C=O) groups excluding carboxylic acids is 3. The maximum absolute atomic E-state index is 12.5. The molecular weight excluding hydrogens is 492 g/mol. The fourth-order valence-corrected chi connectivity index (χ4v) is 9.14. The SMILES string of the molecule is C[C@@H](O)C(=O)OC[C@]12CC[C@H](OC(=O)[C@@H](C)O)C[C@@H]1CC[C@@H]1[C@@H]2CC[C@]2(C)[C@@H](C3=CC(=O)OC3)CC[C@]12O. The Morgan fingerprint density at radius 3 is 2.42 bits per heavy atom. The highest BCUT2D eigenvalue weighted by Gasteiger charge is 2.68. The summed E-state index contributed by atoms with van der Waals surface area (Å²) < 4.78 is 16.5. The first kappa shape index (κ1) is 27.6. The molecule has 10 atom stereocenters. The number of carbonyl (C=O) groups is 3. The minimum absolute atomic E-state index is 0.0166. The summed E-state index contributed by atoms with van der Waals surface area (Å²) >= 11 is 0. The van der Waals surface area contributed by atoms with Crippen LogP contribution >= 0.6 is 0 Å². The molecule has 1 heterocycles. The summed E-state index contributed by atoms with van der Waals surface area (Å²) in [5, 5.41) is 31.9. The van der Waals surface area contributed by atoms with Crippen LogP contribution in [0.3, 0.4) is 0 Å². The van der Waals surface area contributed by atoms with E-state index in [2.05, 4.69) is 6.92 Å². The zero-order valence-corrected chi connectivity index (χ0v) is 22.7. The third kappa shape index (κ3) is 4.29. The van der Waals surface area contributed by atoms with E-state index in [1.165, 1.54) is 13.8 Å². The second kappa shape index (κ2) is 9.89. The Balaban J connectivity index is 1.42. The van der Waals surface area contributed by atoms with E-state index < -0.39 is 29.7 Å². The second-order valence-corrected chi connectivity index (χ2v) is 12.8. The molecule has 0 radical (unpaired) electrons. The summed E-state index contributed by atoms with van der Waals surface area (Å²) in [6.45, 7) is 5.44. The molecule has 5 aliphatic rings. The number of rotatable bonds is 6. The van der Waals surface area contributed by atoms with Crippen LogP contribution in [-0.2, 0) is 28.6 Å². The van der Waals surface area contributed by atoms with Crippen molar-refractivity contribution in [3.63, 3.8) is 0 Å². The van der Waals surface area contributed by atoms with Gasteiger partial charge < -0.3 is 29.5 Å². The maximum Gasteiger partial charge on any atom is 0.334 e. The molecule has 4 fully saturated rings. The lowest BCUT2D eigenvalue weighted by Gasteiger charge is -2.64. The molecule has 0 aromatic rings. The van der Waals surface area contributed by atoms with Gasteiger partial charge in [0.05, 0.1) is 12.2 Å². The number of hydrogen-bond donors (Lipinski definition) is 3. The minimum Gasteiger partial charge on any atom is -0.463 e. The molecule has 0 amide bonds. The molecular formula is C29H42O9. The van der Waals surface area contributed by atoms with E-state index in [9.17, 15) is 29.7 Å². The summed E-state index contributed by atoms with van der Waals surface area (Å²) in [5.74, 6) is -1.23. The summed E-state index contributed by atoms with van der Waals surface area (Å²) in [7, 11) is 0. The van der Waals surface area contributed by atoms with Crippen LogP contribution in [-0.4, -0.2) is 70.4 Å². The van der Waals surface area contributed by atoms with E-state index in [4.69, 9.17) is 14.2 Å². The zero-order valence-electron chi connectivity index (χ0n) is 22.7. The molecule has 0 aromatic heterocycles. The molecule has 0 aromatic carbocycles. The van der Waals surface area contributed by atoms with Crippen LogP contribution in [0, 0.1) is 34.5 Å². The van der Waals surface area contributed by atoms with Gasteiger partial charge in [-0.05, 0) is 101 Å². The largest absolute Gasteiger partial charge is 0.463 e. The van der Waals surface area contributed by atoms with Crippen LogP contribution in [0.2, 0.25) is 0 Å². The van der Waals surface area contributed by atoms with Crippen LogP contribution in [0.15, 0.2) is 11.6 Å². The normalized spacial score (nSPS) is 43.6. The van der Waals surface area contributed by atoms with Crippen molar-refractivity contribution in [2.75, 3.05) is 13.2 Å². The van der Waals surface area contributed by atoms with Crippen LogP contribution in [0.25, 0.3) is 0 Å². The fourth-order valence-electron chi connectivity index (χ4n) is 9.14. The minimum atomic E-state index is -1.22. The molecule has 9 nitrogen and oxygen atoms in total. The van der Waals surface area contributed by atoms with Crippen molar-refractivity contribution in [1.82, 2.24) is 0 Å². The Bertz CT molecular complexity index is 1000. The smallest absolute Gasteiger partial charge is 0.334 e. The number of aliphatic hydroxyl groups is 3. The van der Waals surface area contributed by atoms with Gasteiger partial charge in [0.1, 0.15) is 24.9 Å². The van der Waals surface area contributed by atoms with E-state index in [1.54, 1.807) is 6.08 Å². The van der Waals surface area contributed by atoms with Crippen molar-refractivity contribution in [3.8, 4) is 0 Å². The van der Waals surface area contributed by atoms with E-state index in [0.29, 0.717) is 32.3 Å². The lowest BCUT2D eigenvalue weighted by atomic mass is 9.43. The van der Waals surface area contributed by atoms with Gasteiger partial charge in [0, 0.05) is 16.9 Å². The van der Waals surface area contributed by atoms with Crippen LogP contribution in [0.1, 0.15) is 78.6 Å². The lowest BCUT2D eigenvalue weighted by Crippen LogP contribution is -2.64. The Morgan fingerprint density at radius 1 is 1.03 bits per heavy atom. The molecule has 1 aliphatic heterocycles. The number of ether oxygens (including phenoxy) is 3. The highest BCUT2D eigenvalue weighted by molar-refractivity contribution is 5.85. The van der Waals surface area contributed by atoms with Crippen molar-refractivity contribution in [2.24, 2.45) is 34.5 Å². The Hall–Kier alpha value is -1.97. The first-order chi connectivity index (χ1) is 17.9. The summed E-state index contributed by atoms with van der Waals surface area (Å²) in [6.07, 6.45) is 5.55. The molecule has 5 rings (SSSR count). The van der Waals surface area contributed by atoms with Crippen molar-refractivity contribution in [2.45, 2.75) is 102 Å². The highest BCUT2D eigenvalue weighted by atomic mass is 16.6. The Morgan fingerprint density at radius 2 is 1.76 bits per heavy atom. The molecule has 38 heavy (non-hydrogen) atoms. The number of aliphatic hydroxyl groups excluding tert-OH is 2. The van der Waals surface area contributed by atoms with Crippen molar-refractivity contribution in [1.29, 1.82) is 0 Å². The van der Waals surface area contributed by atoms with Gasteiger partial charge in [-0.1, -0.05) is 6.92 Å². The van der Waals surface area contributed by atoms with Gasteiger partial charge in [0.25, 0.3) is 0 Å². The topological polar surface area (TPSA) is 140 Å². The second-order valence-electron chi connectivity index (χ2n) is 12.8. The molecule has 0 bridgehead atoms. The van der Waals surface area contributed by atoms with Crippen molar-refractivity contribution >= 4 is 17.9 Å².